The number of carbonyl (C=O) groups is 2. The third-order valence-electron chi connectivity index (χ3n) is 3.55. The topological polar surface area (TPSA) is 124 Å². The van der Waals surface area contributed by atoms with Gasteiger partial charge in [0.25, 0.3) is 16.6 Å². The number of carbonyl (C=O) groups excluding carboxylic acids is 2. The molecule has 2 aromatic carbocycles. The number of aldehydes is 1. The number of anilines is 1. The van der Waals surface area contributed by atoms with Crippen molar-refractivity contribution in [2.24, 2.45) is 0 Å². The van der Waals surface area contributed by atoms with Crippen LogP contribution in [0.1, 0.15) is 15.9 Å². The van der Waals surface area contributed by atoms with E-state index in [0.717, 1.165) is 30.0 Å². The minimum atomic E-state index is -0.984. The van der Waals surface area contributed by atoms with Gasteiger partial charge in [0.2, 0.25) is 0 Å². The molecule has 0 bridgehead atoms. The van der Waals surface area contributed by atoms with Crippen molar-refractivity contribution in [2.75, 3.05) is 19.0 Å². The molecule has 0 fully saturated rings. The summed E-state index contributed by atoms with van der Waals surface area (Å²) < 4.78 is 0. The molecule has 0 aliphatic rings. The van der Waals surface area contributed by atoms with Crippen LogP contribution >= 0.6 is 11.6 Å². The number of hydrogen-bond donors (Lipinski definition) is 0. The van der Waals surface area contributed by atoms with Crippen LogP contribution in [0.4, 0.5) is 17.1 Å². The van der Waals surface area contributed by atoms with Crippen LogP contribution in [0.15, 0.2) is 60.7 Å². The molecule has 0 saturated heterocycles. The highest BCUT2D eigenvalue weighted by molar-refractivity contribution is 6.67. The first-order valence-corrected chi connectivity index (χ1v) is 8.73. The van der Waals surface area contributed by atoms with Gasteiger partial charge in [-0.2, -0.15) is 0 Å². The summed E-state index contributed by atoms with van der Waals surface area (Å²) in [7, 11) is 4.02. The standard InChI is InChI=1S/C13H15NO.C7H3ClN2O5/c1-14(2)13-9-7-12(8-10-13)6-4-3-5-11-15;8-7(11)4-1-5(9(12)13)3-6(2-4)10(14)15/h3-11H,1-2H3;1-3H/b5-3+,6-4+;. The number of nitro benzene ring substituents is 2. The van der Waals surface area contributed by atoms with E-state index in [1.807, 2.05) is 38.4 Å². The average molecular weight is 432 g/mol. The lowest BCUT2D eigenvalue weighted by Gasteiger charge is -2.11. The molecule has 30 heavy (non-hydrogen) atoms. The average Bonchev–Trinajstić information content (AvgIpc) is 2.71. The van der Waals surface area contributed by atoms with E-state index in [-0.39, 0.29) is 5.56 Å². The van der Waals surface area contributed by atoms with Crippen molar-refractivity contribution in [2.45, 2.75) is 0 Å². The van der Waals surface area contributed by atoms with E-state index in [1.165, 1.54) is 11.8 Å². The SMILES string of the molecule is CN(C)c1ccc(/C=C/C=C/C=O)cc1.O=C(Cl)c1cc([N+](=O)[O-])cc([N+](=O)[O-])c1. The van der Waals surface area contributed by atoms with Crippen LogP contribution in [0.5, 0.6) is 0 Å². The summed E-state index contributed by atoms with van der Waals surface area (Å²) in [6.45, 7) is 0. The van der Waals surface area contributed by atoms with Crippen molar-refractivity contribution in [3.63, 3.8) is 0 Å². The molecule has 0 atom stereocenters. The third-order valence-corrected chi connectivity index (χ3v) is 3.77. The van der Waals surface area contributed by atoms with Gasteiger partial charge in [0.1, 0.15) is 6.29 Å². The highest BCUT2D eigenvalue weighted by Gasteiger charge is 2.18. The lowest BCUT2D eigenvalue weighted by molar-refractivity contribution is -0.394. The maximum absolute atomic E-state index is 10.7. The summed E-state index contributed by atoms with van der Waals surface area (Å²) >= 11 is 5.07. The van der Waals surface area contributed by atoms with Gasteiger partial charge in [0.05, 0.1) is 15.9 Å². The van der Waals surface area contributed by atoms with Gasteiger partial charge in [-0.05, 0) is 35.4 Å². The van der Waals surface area contributed by atoms with Crippen LogP contribution in [0.3, 0.4) is 0 Å². The Morgan fingerprint density at radius 3 is 1.87 bits per heavy atom. The van der Waals surface area contributed by atoms with Gasteiger partial charge in [-0.1, -0.05) is 30.4 Å². The second-order valence-corrected chi connectivity index (χ2v) is 6.24. The van der Waals surface area contributed by atoms with Crippen molar-refractivity contribution < 1.29 is 19.4 Å². The second-order valence-electron chi connectivity index (χ2n) is 5.89. The summed E-state index contributed by atoms with van der Waals surface area (Å²) in [5, 5.41) is 19.8. The van der Waals surface area contributed by atoms with Crippen LogP contribution in [0, 0.1) is 20.2 Å². The molecule has 0 aliphatic carbocycles. The Morgan fingerprint density at radius 1 is 0.933 bits per heavy atom. The zero-order chi connectivity index (χ0) is 22.7. The predicted molar refractivity (Wildman–Crippen MR) is 115 cm³/mol. The molecule has 2 aromatic rings. The van der Waals surface area contributed by atoms with E-state index >= 15 is 0 Å². The van der Waals surface area contributed by atoms with E-state index in [1.54, 1.807) is 6.08 Å². The Balaban J connectivity index is 0.000000300. The molecule has 0 N–H and O–H groups in total. The molecule has 0 heterocycles. The van der Waals surface area contributed by atoms with Gasteiger partial charge in [-0.25, -0.2) is 0 Å². The first-order chi connectivity index (χ1) is 14.1. The van der Waals surface area contributed by atoms with Crippen molar-refractivity contribution in [1.29, 1.82) is 0 Å². The Hall–Kier alpha value is -3.85. The third kappa shape index (κ3) is 8.03. The summed E-state index contributed by atoms with van der Waals surface area (Å²) in [6.07, 6.45) is 7.75. The van der Waals surface area contributed by atoms with Crippen LogP contribution in [0.2, 0.25) is 0 Å². The number of allylic oxidation sites excluding steroid dienone is 3. The van der Waals surface area contributed by atoms with Crippen LogP contribution in [0.25, 0.3) is 6.08 Å². The number of hydrogen-bond acceptors (Lipinski definition) is 7. The van der Waals surface area contributed by atoms with E-state index in [9.17, 15) is 29.8 Å². The van der Waals surface area contributed by atoms with Crippen molar-refractivity contribution in [3.8, 4) is 0 Å². The monoisotopic (exact) mass is 431 g/mol. The maximum atomic E-state index is 10.7. The largest absolute Gasteiger partial charge is 0.378 e. The fraction of sp³-hybridized carbons (Fsp3) is 0.100. The van der Waals surface area contributed by atoms with E-state index in [4.69, 9.17) is 11.6 Å². The van der Waals surface area contributed by atoms with Crippen molar-refractivity contribution in [3.05, 3.63) is 92.0 Å². The van der Waals surface area contributed by atoms with Gasteiger partial charge < -0.3 is 4.90 Å². The predicted octanol–water partition coefficient (Wildman–Crippen LogP) is 4.40. The molecule has 0 saturated carbocycles. The van der Waals surface area contributed by atoms with Gasteiger partial charge in [-0.3, -0.25) is 29.8 Å². The van der Waals surface area contributed by atoms with E-state index in [0.29, 0.717) is 0 Å². The number of nitrogens with zero attached hydrogens (tertiary/aromatic N) is 3. The maximum Gasteiger partial charge on any atom is 0.277 e. The number of non-ortho nitro benzene ring substituents is 2. The number of halogens is 1. The molecule has 0 unspecified atom stereocenters. The van der Waals surface area contributed by atoms with Gasteiger partial charge in [0, 0.05) is 37.5 Å². The number of rotatable bonds is 7. The second kappa shape index (κ2) is 11.9. The molecule has 9 nitrogen and oxygen atoms in total. The van der Waals surface area contributed by atoms with Crippen LogP contribution < -0.4 is 4.90 Å². The zero-order valence-electron chi connectivity index (χ0n) is 16.1. The fourth-order valence-electron chi connectivity index (χ4n) is 2.08. The highest BCUT2D eigenvalue weighted by Crippen LogP contribution is 2.23. The van der Waals surface area contributed by atoms with Gasteiger partial charge in [0.15, 0.2) is 0 Å². The molecule has 0 aliphatic heterocycles. The highest BCUT2D eigenvalue weighted by atomic mass is 35.5. The zero-order valence-corrected chi connectivity index (χ0v) is 16.9. The molecular weight excluding hydrogens is 414 g/mol. The Bertz CT molecular complexity index is 906. The minimum Gasteiger partial charge on any atom is -0.378 e. The first-order valence-electron chi connectivity index (χ1n) is 8.35. The van der Waals surface area contributed by atoms with Crippen LogP contribution in [-0.4, -0.2) is 35.5 Å². The number of benzene rings is 2. The molecule has 0 radical (unpaired) electrons. The van der Waals surface area contributed by atoms with Crippen LogP contribution in [-0.2, 0) is 4.79 Å². The Labute approximate surface area is 177 Å². The molecule has 156 valence electrons. The van der Waals surface area contributed by atoms with Crippen molar-refractivity contribution >= 4 is 46.3 Å². The minimum absolute atomic E-state index is 0.280. The molecular formula is C20H18ClN3O6. The number of nitro groups is 2. The van der Waals surface area contributed by atoms with E-state index < -0.39 is 26.5 Å². The summed E-state index contributed by atoms with van der Waals surface area (Å²) in [5.41, 5.74) is 0.922. The fourth-order valence-corrected chi connectivity index (χ4v) is 2.19. The lowest BCUT2D eigenvalue weighted by Crippen LogP contribution is -2.07. The molecule has 2 rings (SSSR count). The van der Waals surface area contributed by atoms with Gasteiger partial charge in [-0.15, -0.1) is 0 Å². The molecule has 0 amide bonds. The first kappa shape index (κ1) is 24.2. The normalized spacial score (nSPS) is 10.4. The molecule has 0 spiro atoms. The van der Waals surface area contributed by atoms with Crippen molar-refractivity contribution in [1.82, 2.24) is 0 Å². The quantitative estimate of drug-likeness (QED) is 0.159. The molecule has 10 heteroatoms. The Morgan fingerprint density at radius 2 is 1.47 bits per heavy atom. The summed E-state index contributed by atoms with van der Waals surface area (Å²) in [4.78, 5) is 41.9. The Kier molecular flexibility index (Phi) is 9.57. The smallest absolute Gasteiger partial charge is 0.277 e. The molecule has 0 aromatic heterocycles. The summed E-state index contributed by atoms with van der Waals surface area (Å²) in [5.74, 6) is 0. The summed E-state index contributed by atoms with van der Waals surface area (Å²) in [6, 6.07) is 10.7. The van der Waals surface area contributed by atoms with Gasteiger partial charge >= 0.3 is 0 Å². The lowest BCUT2D eigenvalue weighted by atomic mass is 10.2. The van der Waals surface area contributed by atoms with E-state index in [2.05, 4.69) is 17.0 Å².